The van der Waals surface area contributed by atoms with Crippen LogP contribution in [0, 0.1) is 12.8 Å². The maximum Gasteiger partial charge on any atom is 0.240 e. The lowest BCUT2D eigenvalue weighted by Gasteiger charge is -2.27. The molecule has 1 amide bonds. The molecule has 1 unspecified atom stereocenters. The van der Waals surface area contributed by atoms with Crippen LogP contribution in [0.2, 0.25) is 0 Å². The van der Waals surface area contributed by atoms with Crippen LogP contribution in [0.1, 0.15) is 44.2 Å². The van der Waals surface area contributed by atoms with Crippen LogP contribution >= 0.6 is 0 Å². The van der Waals surface area contributed by atoms with Gasteiger partial charge in [0.25, 0.3) is 0 Å². The van der Waals surface area contributed by atoms with E-state index in [2.05, 4.69) is 5.16 Å². The van der Waals surface area contributed by atoms with Gasteiger partial charge in [-0.2, -0.15) is 0 Å². The summed E-state index contributed by atoms with van der Waals surface area (Å²) in [6.45, 7) is 6.57. The Morgan fingerprint density at radius 1 is 1.61 bits per heavy atom. The molecule has 2 N–H and O–H groups in total. The smallest absolute Gasteiger partial charge is 0.240 e. The van der Waals surface area contributed by atoms with Gasteiger partial charge in [-0.15, -0.1) is 0 Å². The van der Waals surface area contributed by atoms with Crippen LogP contribution in [0.4, 0.5) is 0 Å². The van der Waals surface area contributed by atoms with Crippen LogP contribution in [0.3, 0.4) is 0 Å². The predicted molar refractivity (Wildman–Crippen MR) is 67.7 cm³/mol. The summed E-state index contributed by atoms with van der Waals surface area (Å²) in [7, 11) is 0. The number of hydrogen-bond donors (Lipinski definition) is 1. The van der Waals surface area contributed by atoms with Gasteiger partial charge in [0.05, 0.1) is 17.8 Å². The van der Waals surface area contributed by atoms with Gasteiger partial charge in [0.2, 0.25) is 5.91 Å². The first-order valence-corrected chi connectivity index (χ1v) is 6.50. The van der Waals surface area contributed by atoms with E-state index in [9.17, 15) is 4.79 Å². The summed E-state index contributed by atoms with van der Waals surface area (Å²) in [6, 6.07) is 1.47. The number of likely N-dealkylation sites (tertiary alicyclic amines) is 1. The monoisotopic (exact) mass is 251 g/mol. The molecule has 5 heteroatoms. The zero-order valence-corrected chi connectivity index (χ0v) is 11.2. The van der Waals surface area contributed by atoms with Crippen LogP contribution in [-0.4, -0.2) is 28.6 Å². The Morgan fingerprint density at radius 2 is 2.33 bits per heavy atom. The average molecular weight is 251 g/mol. The Kier molecular flexibility index (Phi) is 3.71. The van der Waals surface area contributed by atoms with E-state index in [1.54, 1.807) is 0 Å². The fraction of sp³-hybridized carbons (Fsp3) is 0.692. The van der Waals surface area contributed by atoms with Crippen molar-refractivity contribution in [2.75, 3.05) is 6.54 Å². The molecular weight excluding hydrogens is 230 g/mol. The largest absolute Gasteiger partial charge is 0.359 e. The maximum absolute atomic E-state index is 12.3. The predicted octanol–water partition coefficient (Wildman–Crippen LogP) is 1.63. The van der Waals surface area contributed by atoms with Gasteiger partial charge in [-0.3, -0.25) is 4.79 Å². The SMILES string of the molecule is Cc1cc(C2CCCN2C(=O)[C@H](N)C(C)C)on1. The minimum atomic E-state index is -0.436. The van der Waals surface area contributed by atoms with Crippen LogP contribution in [0.25, 0.3) is 0 Å². The lowest BCUT2D eigenvalue weighted by molar-refractivity contribution is -0.134. The van der Waals surface area contributed by atoms with Gasteiger partial charge in [0.1, 0.15) is 0 Å². The number of carbonyl (C=O) groups is 1. The van der Waals surface area contributed by atoms with E-state index in [0.717, 1.165) is 30.8 Å². The van der Waals surface area contributed by atoms with E-state index < -0.39 is 6.04 Å². The van der Waals surface area contributed by atoms with E-state index in [1.807, 2.05) is 31.7 Å². The fourth-order valence-corrected chi connectivity index (χ4v) is 2.34. The highest BCUT2D eigenvalue weighted by atomic mass is 16.5. The van der Waals surface area contributed by atoms with Crippen molar-refractivity contribution in [3.05, 3.63) is 17.5 Å². The quantitative estimate of drug-likeness (QED) is 0.886. The minimum Gasteiger partial charge on any atom is -0.359 e. The van der Waals surface area contributed by atoms with E-state index >= 15 is 0 Å². The number of aromatic nitrogens is 1. The fourth-order valence-electron chi connectivity index (χ4n) is 2.34. The molecule has 5 nitrogen and oxygen atoms in total. The second-order valence-electron chi connectivity index (χ2n) is 5.33. The Morgan fingerprint density at radius 3 is 2.89 bits per heavy atom. The first-order chi connectivity index (χ1) is 8.50. The molecule has 0 aromatic carbocycles. The van der Waals surface area contributed by atoms with E-state index in [4.69, 9.17) is 10.3 Å². The van der Waals surface area contributed by atoms with Crippen molar-refractivity contribution < 1.29 is 9.32 Å². The summed E-state index contributed by atoms with van der Waals surface area (Å²) in [5.41, 5.74) is 6.79. The molecule has 1 aromatic heterocycles. The number of rotatable bonds is 3. The summed E-state index contributed by atoms with van der Waals surface area (Å²) >= 11 is 0. The Balaban J connectivity index is 2.15. The molecule has 1 fully saturated rings. The number of amides is 1. The molecule has 100 valence electrons. The van der Waals surface area contributed by atoms with Gasteiger partial charge in [-0.25, -0.2) is 0 Å². The molecule has 0 aliphatic carbocycles. The van der Waals surface area contributed by atoms with E-state index in [1.165, 1.54) is 0 Å². The average Bonchev–Trinajstić information content (AvgIpc) is 2.94. The molecule has 2 rings (SSSR count). The van der Waals surface area contributed by atoms with Crippen molar-refractivity contribution in [3.63, 3.8) is 0 Å². The normalized spacial score (nSPS) is 21.6. The lowest BCUT2D eigenvalue weighted by atomic mass is 10.0. The van der Waals surface area contributed by atoms with Gasteiger partial charge in [-0.05, 0) is 25.7 Å². The summed E-state index contributed by atoms with van der Waals surface area (Å²) in [6.07, 6.45) is 1.91. The second kappa shape index (κ2) is 5.10. The molecule has 0 bridgehead atoms. The van der Waals surface area contributed by atoms with Crippen molar-refractivity contribution in [1.29, 1.82) is 0 Å². The third-order valence-electron chi connectivity index (χ3n) is 3.51. The topological polar surface area (TPSA) is 72.4 Å². The molecular formula is C13H21N3O2. The first-order valence-electron chi connectivity index (χ1n) is 6.50. The summed E-state index contributed by atoms with van der Waals surface area (Å²) in [4.78, 5) is 14.2. The minimum absolute atomic E-state index is 0.00324. The Hall–Kier alpha value is -1.36. The molecule has 18 heavy (non-hydrogen) atoms. The number of carbonyl (C=O) groups excluding carboxylic acids is 1. The van der Waals surface area contributed by atoms with Gasteiger partial charge in [-0.1, -0.05) is 19.0 Å². The van der Waals surface area contributed by atoms with Crippen LogP contribution in [-0.2, 0) is 4.79 Å². The molecule has 0 saturated carbocycles. The zero-order chi connectivity index (χ0) is 13.3. The van der Waals surface area contributed by atoms with Crippen molar-refractivity contribution in [1.82, 2.24) is 10.1 Å². The van der Waals surface area contributed by atoms with Crippen molar-refractivity contribution in [2.45, 2.75) is 45.7 Å². The van der Waals surface area contributed by atoms with Gasteiger partial charge < -0.3 is 15.2 Å². The summed E-state index contributed by atoms with van der Waals surface area (Å²) < 4.78 is 5.28. The maximum atomic E-state index is 12.3. The Bertz CT molecular complexity index is 428. The molecule has 1 saturated heterocycles. The third-order valence-corrected chi connectivity index (χ3v) is 3.51. The molecule has 0 radical (unpaired) electrons. The molecule has 2 atom stereocenters. The van der Waals surface area contributed by atoms with Crippen molar-refractivity contribution in [2.24, 2.45) is 11.7 Å². The molecule has 1 aliphatic rings. The lowest BCUT2D eigenvalue weighted by Crippen LogP contribution is -2.46. The summed E-state index contributed by atoms with van der Waals surface area (Å²) in [5.74, 6) is 0.936. The number of nitrogens with zero attached hydrogens (tertiary/aromatic N) is 2. The van der Waals surface area contributed by atoms with Crippen LogP contribution < -0.4 is 5.73 Å². The number of aryl methyl sites for hydroxylation is 1. The van der Waals surface area contributed by atoms with Crippen molar-refractivity contribution >= 4 is 5.91 Å². The van der Waals surface area contributed by atoms with Crippen LogP contribution in [0.5, 0.6) is 0 Å². The van der Waals surface area contributed by atoms with E-state index in [0.29, 0.717) is 0 Å². The van der Waals surface area contributed by atoms with Gasteiger partial charge in [0.15, 0.2) is 5.76 Å². The van der Waals surface area contributed by atoms with Crippen molar-refractivity contribution in [3.8, 4) is 0 Å². The standard InChI is InChI=1S/C13H21N3O2/c1-8(2)12(14)13(17)16-6-4-5-10(16)11-7-9(3)15-18-11/h7-8,10,12H,4-6,14H2,1-3H3/t10?,12-/m1/s1. The molecule has 1 aliphatic heterocycles. The number of hydrogen-bond acceptors (Lipinski definition) is 4. The molecule has 1 aromatic rings. The third kappa shape index (κ3) is 2.41. The highest BCUT2D eigenvalue weighted by Crippen LogP contribution is 2.32. The number of nitrogens with two attached hydrogens (primary N) is 1. The highest BCUT2D eigenvalue weighted by molar-refractivity contribution is 5.82. The summed E-state index contributed by atoms with van der Waals surface area (Å²) in [5, 5.41) is 3.89. The molecule has 0 spiro atoms. The van der Waals surface area contributed by atoms with E-state index in [-0.39, 0.29) is 17.9 Å². The Labute approximate surface area is 107 Å². The molecule has 2 heterocycles. The van der Waals surface area contributed by atoms with Gasteiger partial charge in [0, 0.05) is 12.6 Å². The second-order valence-corrected chi connectivity index (χ2v) is 5.33. The van der Waals surface area contributed by atoms with Crippen LogP contribution in [0.15, 0.2) is 10.6 Å². The zero-order valence-electron chi connectivity index (χ0n) is 11.2. The highest BCUT2D eigenvalue weighted by Gasteiger charge is 2.35. The first kappa shape index (κ1) is 13.1. The van der Waals surface area contributed by atoms with Gasteiger partial charge >= 0.3 is 0 Å².